The fraction of sp³-hybridized carbons (Fsp3) is 0.333. The lowest BCUT2D eigenvalue weighted by Crippen LogP contribution is -2.32. The van der Waals surface area contributed by atoms with Gasteiger partial charge < -0.3 is 4.90 Å². The van der Waals surface area contributed by atoms with E-state index >= 15 is 0 Å². The molecule has 1 aliphatic heterocycles. The quantitative estimate of drug-likeness (QED) is 0.587. The molecule has 3 nitrogen and oxygen atoms in total. The number of hydrogen-bond donors (Lipinski definition) is 0. The van der Waals surface area contributed by atoms with Gasteiger partial charge in [-0.05, 0) is 6.92 Å². The van der Waals surface area contributed by atoms with Crippen LogP contribution in [0.2, 0.25) is 0 Å². The van der Waals surface area contributed by atoms with Crippen LogP contribution in [0.5, 0.6) is 0 Å². The maximum Gasteiger partial charge on any atom is 0.135 e. The van der Waals surface area contributed by atoms with E-state index in [0.717, 1.165) is 17.2 Å². The maximum atomic E-state index is 4.50. The van der Waals surface area contributed by atoms with Crippen molar-refractivity contribution in [1.82, 2.24) is 4.90 Å². The van der Waals surface area contributed by atoms with Crippen LogP contribution in [-0.4, -0.2) is 36.7 Å². The summed E-state index contributed by atoms with van der Waals surface area (Å²) in [4.78, 5) is 11.0. The Kier molecular flexibility index (Phi) is 2.54. The van der Waals surface area contributed by atoms with Crippen molar-refractivity contribution in [3.8, 4) is 0 Å². The van der Waals surface area contributed by atoms with Gasteiger partial charge in [-0.1, -0.05) is 30.4 Å². The third-order valence-electron chi connectivity index (χ3n) is 2.39. The lowest BCUT2D eigenvalue weighted by molar-refractivity contribution is 0.616. The van der Waals surface area contributed by atoms with Crippen molar-refractivity contribution in [2.24, 2.45) is 9.98 Å². The molecule has 1 atom stereocenters. The summed E-state index contributed by atoms with van der Waals surface area (Å²) in [7, 11) is 4.02. The average Bonchev–Trinajstić information content (AvgIpc) is 2.41. The van der Waals surface area contributed by atoms with E-state index in [-0.39, 0.29) is 6.04 Å². The number of amidine groups is 2. The molecule has 0 aromatic rings. The number of hydrogen-bond acceptors (Lipinski definition) is 3. The summed E-state index contributed by atoms with van der Waals surface area (Å²) in [6, 6.07) is 0.120. The highest BCUT2D eigenvalue weighted by molar-refractivity contribution is 6.08. The first-order chi connectivity index (χ1) is 7.18. The lowest BCUT2D eigenvalue weighted by Gasteiger charge is -2.24. The fourth-order valence-electron chi connectivity index (χ4n) is 1.72. The van der Waals surface area contributed by atoms with Crippen molar-refractivity contribution in [2.75, 3.05) is 14.1 Å². The molecule has 2 aliphatic rings. The fourth-order valence-corrected chi connectivity index (χ4v) is 1.72. The summed E-state index contributed by atoms with van der Waals surface area (Å²) < 4.78 is 0. The molecule has 1 unspecified atom stereocenters. The molecule has 0 aromatic heterocycles. The molecule has 3 heteroatoms. The second kappa shape index (κ2) is 3.85. The van der Waals surface area contributed by atoms with E-state index in [0.29, 0.717) is 0 Å². The minimum Gasteiger partial charge on any atom is -0.362 e. The third kappa shape index (κ3) is 1.91. The van der Waals surface area contributed by atoms with Gasteiger partial charge in [-0.2, -0.15) is 0 Å². The topological polar surface area (TPSA) is 28.0 Å². The van der Waals surface area contributed by atoms with Crippen LogP contribution >= 0.6 is 0 Å². The number of allylic oxidation sites excluding steroid dienone is 4. The Balaban J connectivity index is 2.46. The van der Waals surface area contributed by atoms with Gasteiger partial charge in [0.15, 0.2) is 0 Å². The van der Waals surface area contributed by atoms with Gasteiger partial charge in [0, 0.05) is 19.7 Å². The van der Waals surface area contributed by atoms with E-state index in [1.165, 1.54) is 0 Å². The van der Waals surface area contributed by atoms with Crippen molar-refractivity contribution in [3.63, 3.8) is 0 Å². The Bertz CT molecular complexity index is 409. The second-order valence-electron chi connectivity index (χ2n) is 3.84. The molecular formula is C12H15N3. The molecule has 0 aromatic carbocycles. The van der Waals surface area contributed by atoms with Crippen molar-refractivity contribution in [1.29, 1.82) is 0 Å². The Hall–Kier alpha value is -1.64. The molecule has 0 amide bonds. The van der Waals surface area contributed by atoms with Crippen LogP contribution in [-0.2, 0) is 0 Å². The van der Waals surface area contributed by atoms with Crippen LogP contribution < -0.4 is 0 Å². The first kappa shape index (κ1) is 9.90. The Morgan fingerprint density at radius 3 is 2.73 bits per heavy atom. The predicted molar refractivity (Wildman–Crippen MR) is 64.4 cm³/mol. The van der Waals surface area contributed by atoms with Crippen LogP contribution in [0.1, 0.15) is 6.92 Å². The minimum absolute atomic E-state index is 0.120. The highest BCUT2D eigenvalue weighted by Crippen LogP contribution is 2.19. The van der Waals surface area contributed by atoms with Crippen molar-refractivity contribution in [2.45, 2.75) is 13.0 Å². The SMILES string of the molecule is CC1=NC2C=CC=CC=C2C(N(C)C)=N1. The van der Waals surface area contributed by atoms with E-state index in [1.807, 2.05) is 44.1 Å². The number of aliphatic imine (C=N–C) groups is 2. The first-order valence-corrected chi connectivity index (χ1v) is 5.04. The zero-order valence-electron chi connectivity index (χ0n) is 9.31. The molecule has 0 spiro atoms. The van der Waals surface area contributed by atoms with Crippen molar-refractivity contribution < 1.29 is 0 Å². The largest absolute Gasteiger partial charge is 0.362 e. The van der Waals surface area contributed by atoms with E-state index in [2.05, 4.69) is 22.1 Å². The van der Waals surface area contributed by atoms with Crippen molar-refractivity contribution >= 4 is 11.7 Å². The summed E-state index contributed by atoms with van der Waals surface area (Å²) in [5, 5.41) is 0. The van der Waals surface area contributed by atoms with Gasteiger partial charge in [0.2, 0.25) is 0 Å². The summed E-state index contributed by atoms with van der Waals surface area (Å²) in [6.45, 7) is 1.94. The Morgan fingerprint density at radius 2 is 2.00 bits per heavy atom. The maximum absolute atomic E-state index is 4.50. The number of fused-ring (bicyclic) bond motifs is 1. The highest BCUT2D eigenvalue weighted by atomic mass is 15.2. The van der Waals surface area contributed by atoms with E-state index in [1.54, 1.807) is 0 Å². The molecule has 0 radical (unpaired) electrons. The van der Waals surface area contributed by atoms with Gasteiger partial charge in [-0.3, -0.25) is 4.99 Å². The van der Waals surface area contributed by atoms with Crippen molar-refractivity contribution in [3.05, 3.63) is 36.0 Å². The van der Waals surface area contributed by atoms with Crippen LogP contribution in [0.25, 0.3) is 0 Å². The van der Waals surface area contributed by atoms with E-state index in [4.69, 9.17) is 0 Å². The van der Waals surface area contributed by atoms with Gasteiger partial charge in [-0.25, -0.2) is 4.99 Å². The number of rotatable bonds is 0. The zero-order valence-corrected chi connectivity index (χ0v) is 9.31. The molecule has 0 saturated carbocycles. The summed E-state index contributed by atoms with van der Waals surface area (Å²) in [6.07, 6.45) is 10.3. The lowest BCUT2D eigenvalue weighted by atomic mass is 10.0. The summed E-state index contributed by atoms with van der Waals surface area (Å²) in [5.74, 6) is 1.84. The van der Waals surface area contributed by atoms with E-state index in [9.17, 15) is 0 Å². The molecule has 1 heterocycles. The second-order valence-corrected chi connectivity index (χ2v) is 3.84. The van der Waals surface area contributed by atoms with E-state index < -0.39 is 0 Å². The van der Waals surface area contributed by atoms with Gasteiger partial charge >= 0.3 is 0 Å². The van der Waals surface area contributed by atoms with Crippen LogP contribution in [0.3, 0.4) is 0 Å². The number of nitrogens with zero attached hydrogens (tertiary/aromatic N) is 3. The molecule has 0 fully saturated rings. The Labute approximate surface area is 90.2 Å². The summed E-state index contributed by atoms with van der Waals surface area (Å²) >= 11 is 0. The van der Waals surface area contributed by atoms with Gasteiger partial charge in [0.1, 0.15) is 11.7 Å². The Morgan fingerprint density at radius 1 is 1.20 bits per heavy atom. The normalized spacial score (nSPS) is 23.7. The molecule has 0 bridgehead atoms. The molecule has 78 valence electrons. The highest BCUT2D eigenvalue weighted by Gasteiger charge is 2.22. The molecule has 1 aliphatic carbocycles. The van der Waals surface area contributed by atoms with Gasteiger partial charge in [-0.15, -0.1) is 0 Å². The molecule has 0 saturated heterocycles. The standard InChI is InChI=1S/C12H15N3/c1-9-13-11-8-6-4-5-7-10(11)12(14-9)15(2)3/h4-8,11H,1-3H3. The monoisotopic (exact) mass is 201 g/mol. The number of likely N-dealkylation sites (N-methyl/N-ethyl adjacent to an activating group) is 1. The minimum atomic E-state index is 0.120. The first-order valence-electron chi connectivity index (χ1n) is 5.04. The average molecular weight is 201 g/mol. The van der Waals surface area contributed by atoms with Gasteiger partial charge in [0.25, 0.3) is 0 Å². The third-order valence-corrected chi connectivity index (χ3v) is 2.39. The molecular weight excluding hydrogens is 186 g/mol. The summed E-state index contributed by atoms with van der Waals surface area (Å²) in [5.41, 5.74) is 1.16. The molecule has 15 heavy (non-hydrogen) atoms. The zero-order chi connectivity index (χ0) is 10.8. The molecule has 0 N–H and O–H groups in total. The van der Waals surface area contributed by atoms with Crippen LogP contribution in [0.15, 0.2) is 45.9 Å². The predicted octanol–water partition coefficient (Wildman–Crippen LogP) is 1.80. The van der Waals surface area contributed by atoms with Gasteiger partial charge in [0.05, 0.1) is 6.04 Å². The molecule has 2 rings (SSSR count). The smallest absolute Gasteiger partial charge is 0.135 e. The van der Waals surface area contributed by atoms with Crippen LogP contribution in [0.4, 0.5) is 0 Å². The van der Waals surface area contributed by atoms with Crippen LogP contribution in [0, 0.1) is 0 Å².